The lowest BCUT2D eigenvalue weighted by Gasteiger charge is -1.91. The lowest BCUT2D eigenvalue weighted by molar-refractivity contribution is 0.801. The Morgan fingerprint density at radius 3 is 3.00 bits per heavy atom. The maximum Gasteiger partial charge on any atom is 0.108 e. The van der Waals surface area contributed by atoms with E-state index in [1.165, 1.54) is 4.88 Å². The quantitative estimate of drug-likeness (QED) is 0.828. The molecule has 1 N–H and O–H groups in total. The van der Waals surface area contributed by atoms with Crippen molar-refractivity contribution in [1.82, 2.24) is 5.32 Å². The Morgan fingerprint density at radius 2 is 2.46 bits per heavy atom. The summed E-state index contributed by atoms with van der Waals surface area (Å²) in [7, 11) is 0. The molecule has 0 atom stereocenters. The summed E-state index contributed by atoms with van der Waals surface area (Å²) in [5, 5.41) is 3.21. The Kier molecular flexibility index (Phi) is 5.02. The molecule has 0 aliphatic rings. The van der Waals surface area contributed by atoms with Crippen LogP contribution in [0.2, 0.25) is 4.34 Å². The monoisotopic (exact) mass is 279 g/mol. The van der Waals surface area contributed by atoms with E-state index in [0.717, 1.165) is 21.9 Å². The molecule has 0 unspecified atom stereocenters. The minimum Gasteiger partial charge on any atom is -0.314 e. The van der Waals surface area contributed by atoms with Gasteiger partial charge in [-0.25, -0.2) is 0 Å². The number of rotatable bonds is 4. The van der Waals surface area contributed by atoms with Crippen LogP contribution < -0.4 is 5.32 Å². The maximum atomic E-state index is 5.89. The van der Waals surface area contributed by atoms with Gasteiger partial charge >= 0.3 is 0 Å². The lowest BCUT2D eigenvalue weighted by atomic mass is 10.4. The molecule has 0 saturated heterocycles. The Morgan fingerprint density at radius 1 is 1.69 bits per heavy atom. The fourth-order valence-electron chi connectivity index (χ4n) is 0.848. The van der Waals surface area contributed by atoms with E-state index in [1.54, 1.807) is 11.3 Å². The van der Waals surface area contributed by atoms with E-state index in [4.69, 9.17) is 11.6 Å². The molecule has 0 fully saturated rings. The molecule has 72 valence electrons. The Balaban J connectivity index is 2.49. The zero-order chi connectivity index (χ0) is 9.68. The van der Waals surface area contributed by atoms with Crippen LogP contribution >= 0.6 is 38.9 Å². The van der Waals surface area contributed by atoms with Crippen LogP contribution in [0.4, 0.5) is 0 Å². The van der Waals surface area contributed by atoms with Crippen LogP contribution in [0.5, 0.6) is 0 Å². The number of hydrogen-bond acceptors (Lipinski definition) is 2. The molecule has 0 aromatic carbocycles. The van der Waals surface area contributed by atoms with Gasteiger partial charge in [-0.15, -0.1) is 11.3 Å². The van der Waals surface area contributed by atoms with Crippen LogP contribution in [-0.4, -0.2) is 13.1 Å². The number of thiophene rings is 1. The van der Waals surface area contributed by atoms with Crippen LogP contribution in [0, 0.1) is 0 Å². The molecule has 1 rings (SSSR count). The predicted molar refractivity (Wildman–Crippen MR) is 64.6 cm³/mol. The molecule has 0 amide bonds. The summed E-state index contributed by atoms with van der Waals surface area (Å²) >= 11 is 10.8. The number of likely N-dealkylation sites (N-methyl/N-ethyl adjacent to an activating group) is 1. The minimum atomic E-state index is 0.808. The van der Waals surface area contributed by atoms with Gasteiger partial charge in [-0.2, -0.15) is 0 Å². The summed E-state index contributed by atoms with van der Waals surface area (Å²) in [5.41, 5.74) is 0. The highest BCUT2D eigenvalue weighted by Gasteiger charge is 2.00. The molecule has 0 bridgehead atoms. The van der Waals surface area contributed by atoms with Gasteiger partial charge in [0.2, 0.25) is 0 Å². The summed E-state index contributed by atoms with van der Waals surface area (Å²) in [4.78, 5) is 1.18. The van der Waals surface area contributed by atoms with E-state index < -0.39 is 0 Å². The van der Waals surface area contributed by atoms with Gasteiger partial charge < -0.3 is 5.32 Å². The van der Waals surface area contributed by atoms with Gasteiger partial charge in [0.15, 0.2) is 0 Å². The summed E-state index contributed by atoms with van der Waals surface area (Å²) in [5.74, 6) is 0. The molecular formula is C9H11BrClNS. The first-order valence-electron chi connectivity index (χ1n) is 4.06. The van der Waals surface area contributed by atoms with E-state index in [9.17, 15) is 0 Å². The molecule has 0 spiro atoms. The van der Waals surface area contributed by atoms with Gasteiger partial charge in [-0.05, 0) is 34.6 Å². The summed E-state index contributed by atoms with van der Waals surface area (Å²) in [6.07, 6.45) is 4.17. The highest BCUT2D eigenvalue weighted by molar-refractivity contribution is 9.10. The van der Waals surface area contributed by atoms with Crippen molar-refractivity contribution in [1.29, 1.82) is 0 Å². The van der Waals surface area contributed by atoms with E-state index in [0.29, 0.717) is 0 Å². The minimum absolute atomic E-state index is 0.808. The standard InChI is InChI=1S/C9H11BrClNS/c1-2-12-5-3-4-7-6-8(10)9(11)13-7/h3-4,6,12H,2,5H2,1H3/b4-3+. The molecule has 0 aliphatic heterocycles. The first-order valence-corrected chi connectivity index (χ1v) is 6.05. The molecule has 0 aliphatic carbocycles. The summed E-state index contributed by atoms with van der Waals surface area (Å²) < 4.78 is 1.78. The second kappa shape index (κ2) is 5.81. The molecule has 1 aromatic heterocycles. The second-order valence-corrected chi connectivity index (χ2v) is 5.02. The summed E-state index contributed by atoms with van der Waals surface area (Å²) in [6.45, 7) is 4.00. The van der Waals surface area contributed by atoms with Gasteiger partial charge in [0, 0.05) is 15.9 Å². The Bertz CT molecular complexity index is 276. The third kappa shape index (κ3) is 3.81. The SMILES string of the molecule is CCNC/C=C/c1cc(Br)c(Cl)s1. The van der Waals surface area contributed by atoms with Crippen LogP contribution in [0.25, 0.3) is 6.08 Å². The zero-order valence-electron chi connectivity index (χ0n) is 7.31. The maximum absolute atomic E-state index is 5.89. The van der Waals surface area contributed by atoms with Crippen molar-refractivity contribution in [2.75, 3.05) is 13.1 Å². The topological polar surface area (TPSA) is 12.0 Å². The molecule has 1 aromatic rings. The normalized spacial score (nSPS) is 11.3. The van der Waals surface area contributed by atoms with Crippen LogP contribution in [-0.2, 0) is 0 Å². The number of hydrogen-bond donors (Lipinski definition) is 1. The number of nitrogens with one attached hydrogen (secondary N) is 1. The Labute approximate surface area is 95.9 Å². The first kappa shape index (κ1) is 11.2. The van der Waals surface area contributed by atoms with Gasteiger partial charge in [0.25, 0.3) is 0 Å². The smallest absolute Gasteiger partial charge is 0.108 e. The first-order chi connectivity index (χ1) is 6.24. The van der Waals surface area contributed by atoms with Crippen molar-refractivity contribution in [2.45, 2.75) is 6.92 Å². The molecule has 0 saturated carbocycles. The van der Waals surface area contributed by atoms with Gasteiger partial charge in [0.05, 0.1) is 0 Å². The Hall–Kier alpha value is 0.170. The van der Waals surface area contributed by atoms with Gasteiger partial charge in [0.1, 0.15) is 4.34 Å². The van der Waals surface area contributed by atoms with E-state index >= 15 is 0 Å². The summed E-state index contributed by atoms with van der Waals surface area (Å²) in [6, 6.07) is 2.02. The molecule has 13 heavy (non-hydrogen) atoms. The fraction of sp³-hybridized carbons (Fsp3) is 0.333. The average molecular weight is 281 g/mol. The van der Waals surface area contributed by atoms with Gasteiger partial charge in [-0.1, -0.05) is 24.6 Å². The lowest BCUT2D eigenvalue weighted by Crippen LogP contribution is -2.11. The van der Waals surface area contributed by atoms with Crippen LogP contribution in [0.3, 0.4) is 0 Å². The number of halogens is 2. The van der Waals surface area contributed by atoms with Gasteiger partial charge in [-0.3, -0.25) is 0 Å². The predicted octanol–water partition coefficient (Wildman–Crippen LogP) is 3.79. The largest absolute Gasteiger partial charge is 0.314 e. The third-order valence-corrected chi connectivity index (χ3v) is 3.90. The molecule has 0 radical (unpaired) electrons. The molecule has 1 nitrogen and oxygen atoms in total. The highest BCUT2D eigenvalue weighted by atomic mass is 79.9. The van der Waals surface area contributed by atoms with Crippen molar-refractivity contribution in [3.8, 4) is 0 Å². The average Bonchev–Trinajstić information content (AvgIpc) is 2.41. The van der Waals surface area contributed by atoms with Crippen molar-refractivity contribution < 1.29 is 0 Å². The van der Waals surface area contributed by atoms with Crippen LogP contribution in [0.1, 0.15) is 11.8 Å². The molecule has 1 heterocycles. The molecular weight excluding hydrogens is 270 g/mol. The zero-order valence-corrected chi connectivity index (χ0v) is 10.5. The molecule has 4 heteroatoms. The second-order valence-electron chi connectivity index (χ2n) is 2.48. The van der Waals surface area contributed by atoms with Crippen molar-refractivity contribution in [2.24, 2.45) is 0 Å². The van der Waals surface area contributed by atoms with Crippen molar-refractivity contribution in [3.05, 3.63) is 25.8 Å². The van der Waals surface area contributed by atoms with Crippen LogP contribution in [0.15, 0.2) is 16.6 Å². The van der Waals surface area contributed by atoms with E-state index in [1.807, 2.05) is 6.07 Å². The highest BCUT2D eigenvalue weighted by Crippen LogP contribution is 2.32. The van der Waals surface area contributed by atoms with Crippen molar-refractivity contribution >= 4 is 44.9 Å². The fourth-order valence-corrected chi connectivity index (χ4v) is 2.52. The van der Waals surface area contributed by atoms with E-state index in [-0.39, 0.29) is 0 Å². The third-order valence-electron chi connectivity index (χ3n) is 1.46. The van der Waals surface area contributed by atoms with E-state index in [2.05, 4.69) is 40.3 Å². The van der Waals surface area contributed by atoms with Crippen molar-refractivity contribution in [3.63, 3.8) is 0 Å².